The molecule has 1 aromatic carbocycles. The van der Waals surface area contributed by atoms with Crippen molar-refractivity contribution in [1.29, 1.82) is 0 Å². The molecule has 0 saturated heterocycles. The van der Waals surface area contributed by atoms with Gasteiger partial charge in [0.25, 0.3) is 0 Å². The lowest BCUT2D eigenvalue weighted by Gasteiger charge is -2.03. The Hall–Kier alpha value is -2.58. The van der Waals surface area contributed by atoms with Gasteiger partial charge in [0.2, 0.25) is 5.16 Å². The van der Waals surface area contributed by atoms with E-state index in [0.29, 0.717) is 16.4 Å². The van der Waals surface area contributed by atoms with E-state index in [2.05, 4.69) is 36.2 Å². The quantitative estimate of drug-likeness (QED) is 0.356. The van der Waals surface area contributed by atoms with Gasteiger partial charge in [-0.15, -0.1) is 10.2 Å². The van der Waals surface area contributed by atoms with Crippen molar-refractivity contribution in [3.8, 4) is 11.3 Å². The summed E-state index contributed by atoms with van der Waals surface area (Å²) >= 11 is 4.68. The highest BCUT2D eigenvalue weighted by Gasteiger charge is 2.13. The topological polar surface area (TPSA) is 73.0 Å². The van der Waals surface area contributed by atoms with Gasteiger partial charge >= 0.3 is 0 Å². The zero-order chi connectivity index (χ0) is 17.9. The first-order valence-electron chi connectivity index (χ1n) is 7.75. The van der Waals surface area contributed by atoms with Gasteiger partial charge in [-0.2, -0.15) is 9.61 Å². The minimum atomic E-state index is 0.0302. The van der Waals surface area contributed by atoms with E-state index in [1.54, 1.807) is 29.0 Å². The Bertz CT molecular complexity index is 1070. The number of carbonyl (C=O) groups is 1. The highest BCUT2D eigenvalue weighted by molar-refractivity contribution is 9.10. The lowest BCUT2D eigenvalue weighted by Crippen LogP contribution is -2.03. The van der Waals surface area contributed by atoms with E-state index in [1.165, 1.54) is 11.8 Å². The SMILES string of the molecule is O=C(CSc1nnc2ccc(-c3cccnc3)nn12)c1ccc(Br)cc1. The fourth-order valence-corrected chi connectivity index (χ4v) is 3.42. The van der Waals surface area contributed by atoms with Crippen LogP contribution >= 0.6 is 27.7 Å². The van der Waals surface area contributed by atoms with Gasteiger partial charge in [-0.3, -0.25) is 9.78 Å². The summed E-state index contributed by atoms with van der Waals surface area (Å²) in [6, 6.07) is 14.8. The maximum absolute atomic E-state index is 12.4. The molecule has 3 aromatic heterocycles. The summed E-state index contributed by atoms with van der Waals surface area (Å²) in [7, 11) is 0. The Labute approximate surface area is 161 Å². The minimum absolute atomic E-state index is 0.0302. The van der Waals surface area contributed by atoms with Gasteiger partial charge in [0, 0.05) is 28.0 Å². The van der Waals surface area contributed by atoms with Gasteiger partial charge < -0.3 is 0 Å². The Morgan fingerprint density at radius 3 is 2.69 bits per heavy atom. The maximum Gasteiger partial charge on any atom is 0.212 e. The number of halogens is 1. The predicted octanol–water partition coefficient (Wildman–Crippen LogP) is 3.92. The average molecular weight is 426 g/mol. The monoisotopic (exact) mass is 425 g/mol. The number of thioether (sulfide) groups is 1. The van der Waals surface area contributed by atoms with Crippen LogP contribution in [0.2, 0.25) is 0 Å². The van der Waals surface area contributed by atoms with Crippen LogP contribution in [0.3, 0.4) is 0 Å². The van der Waals surface area contributed by atoms with E-state index >= 15 is 0 Å². The van der Waals surface area contributed by atoms with Crippen molar-refractivity contribution in [3.05, 3.63) is 71.0 Å². The molecule has 26 heavy (non-hydrogen) atoms. The predicted molar refractivity (Wildman–Crippen MR) is 103 cm³/mol. The molecule has 0 fully saturated rings. The summed E-state index contributed by atoms with van der Waals surface area (Å²) < 4.78 is 2.60. The van der Waals surface area contributed by atoms with Gasteiger partial charge in [0.05, 0.1) is 11.4 Å². The second-order valence-corrected chi connectivity index (χ2v) is 7.29. The Morgan fingerprint density at radius 1 is 1.08 bits per heavy atom. The number of aromatic nitrogens is 5. The molecule has 6 nitrogen and oxygen atoms in total. The van der Waals surface area contributed by atoms with Crippen molar-refractivity contribution in [1.82, 2.24) is 24.8 Å². The first kappa shape index (κ1) is 16.9. The number of carbonyl (C=O) groups excluding carboxylic acids is 1. The second kappa shape index (κ2) is 7.35. The molecule has 0 N–H and O–H groups in total. The molecule has 0 unspecified atom stereocenters. The molecule has 128 valence electrons. The van der Waals surface area contributed by atoms with Crippen molar-refractivity contribution < 1.29 is 4.79 Å². The van der Waals surface area contributed by atoms with Crippen molar-refractivity contribution >= 4 is 39.1 Å². The molecule has 3 heterocycles. The van der Waals surface area contributed by atoms with Crippen LogP contribution in [-0.4, -0.2) is 36.3 Å². The zero-order valence-corrected chi connectivity index (χ0v) is 15.8. The van der Waals surface area contributed by atoms with Crippen LogP contribution in [0.5, 0.6) is 0 Å². The summed E-state index contributed by atoms with van der Waals surface area (Å²) in [4.78, 5) is 16.5. The number of ketones is 1. The van der Waals surface area contributed by atoms with Crippen LogP contribution in [0.1, 0.15) is 10.4 Å². The smallest absolute Gasteiger partial charge is 0.212 e. The first-order valence-corrected chi connectivity index (χ1v) is 9.53. The van der Waals surface area contributed by atoms with Crippen LogP contribution < -0.4 is 0 Å². The highest BCUT2D eigenvalue weighted by atomic mass is 79.9. The van der Waals surface area contributed by atoms with Gasteiger partial charge in [-0.05, 0) is 36.4 Å². The van der Waals surface area contributed by atoms with Crippen molar-refractivity contribution in [2.75, 3.05) is 5.75 Å². The third-order valence-corrected chi connectivity index (χ3v) is 5.14. The molecule has 0 bridgehead atoms. The number of hydrogen-bond donors (Lipinski definition) is 0. The largest absolute Gasteiger partial charge is 0.293 e. The van der Waals surface area contributed by atoms with Crippen LogP contribution in [-0.2, 0) is 0 Å². The van der Waals surface area contributed by atoms with Crippen LogP contribution in [0.25, 0.3) is 16.9 Å². The fourth-order valence-electron chi connectivity index (χ4n) is 2.38. The summed E-state index contributed by atoms with van der Waals surface area (Å²) in [6.07, 6.45) is 3.47. The van der Waals surface area contributed by atoms with E-state index in [4.69, 9.17) is 0 Å². The highest BCUT2D eigenvalue weighted by Crippen LogP contribution is 2.21. The third-order valence-electron chi connectivity index (χ3n) is 3.69. The molecular weight excluding hydrogens is 414 g/mol. The van der Waals surface area contributed by atoms with E-state index in [0.717, 1.165) is 15.7 Å². The van der Waals surface area contributed by atoms with Gasteiger partial charge in [-0.1, -0.05) is 39.8 Å². The minimum Gasteiger partial charge on any atom is -0.293 e. The molecule has 0 aliphatic rings. The number of pyridine rings is 1. The van der Waals surface area contributed by atoms with E-state index in [-0.39, 0.29) is 11.5 Å². The number of nitrogens with zero attached hydrogens (tertiary/aromatic N) is 5. The normalized spacial score (nSPS) is 11.0. The van der Waals surface area contributed by atoms with Crippen LogP contribution in [0.15, 0.2) is 70.6 Å². The Balaban J connectivity index is 1.57. The summed E-state index contributed by atoms with van der Waals surface area (Å²) in [6.45, 7) is 0. The number of Topliss-reactive ketones (excluding diaryl/α,β-unsaturated/α-hetero) is 1. The maximum atomic E-state index is 12.4. The lowest BCUT2D eigenvalue weighted by atomic mass is 10.2. The summed E-state index contributed by atoms with van der Waals surface area (Å²) in [5.41, 5.74) is 2.98. The molecule has 0 atom stereocenters. The molecule has 4 rings (SSSR count). The summed E-state index contributed by atoms with van der Waals surface area (Å²) in [5, 5.41) is 13.4. The van der Waals surface area contributed by atoms with Crippen molar-refractivity contribution in [3.63, 3.8) is 0 Å². The molecular formula is C18H12BrN5OS. The number of benzene rings is 1. The molecule has 0 aliphatic heterocycles. The van der Waals surface area contributed by atoms with E-state index in [9.17, 15) is 4.79 Å². The number of rotatable bonds is 5. The van der Waals surface area contributed by atoms with Crippen LogP contribution in [0.4, 0.5) is 0 Å². The fraction of sp³-hybridized carbons (Fsp3) is 0.0556. The molecule has 0 saturated carbocycles. The molecule has 4 aromatic rings. The van der Waals surface area contributed by atoms with Crippen molar-refractivity contribution in [2.24, 2.45) is 0 Å². The molecule has 0 radical (unpaired) electrons. The summed E-state index contributed by atoms with van der Waals surface area (Å²) in [5.74, 6) is 0.295. The third kappa shape index (κ3) is 3.51. The van der Waals surface area contributed by atoms with Gasteiger partial charge in [0.15, 0.2) is 11.4 Å². The molecule has 8 heteroatoms. The Kier molecular flexibility index (Phi) is 4.77. The zero-order valence-electron chi connectivity index (χ0n) is 13.4. The van der Waals surface area contributed by atoms with Gasteiger partial charge in [-0.25, -0.2) is 0 Å². The lowest BCUT2D eigenvalue weighted by molar-refractivity contribution is 0.102. The van der Waals surface area contributed by atoms with E-state index in [1.807, 2.05) is 36.4 Å². The second-order valence-electron chi connectivity index (χ2n) is 5.43. The first-order chi connectivity index (χ1) is 12.7. The molecule has 0 spiro atoms. The van der Waals surface area contributed by atoms with Crippen molar-refractivity contribution in [2.45, 2.75) is 5.16 Å². The average Bonchev–Trinajstić information content (AvgIpc) is 3.09. The van der Waals surface area contributed by atoms with Crippen LogP contribution in [0, 0.1) is 0 Å². The molecule has 0 aliphatic carbocycles. The Morgan fingerprint density at radius 2 is 1.92 bits per heavy atom. The standard InChI is InChI=1S/C18H12BrN5OS/c19-14-5-3-12(4-6-14)16(25)11-26-18-22-21-17-8-7-15(23-24(17)18)13-2-1-9-20-10-13/h1-10H,11H2. The number of fused-ring (bicyclic) bond motifs is 1. The molecule has 0 amide bonds. The van der Waals surface area contributed by atoms with E-state index < -0.39 is 0 Å². The van der Waals surface area contributed by atoms with Gasteiger partial charge in [0.1, 0.15) is 0 Å². The number of hydrogen-bond acceptors (Lipinski definition) is 6.